The number of carboxylic acids is 1. The molecule has 0 unspecified atom stereocenters. The molecule has 32 heavy (non-hydrogen) atoms. The highest BCUT2D eigenvalue weighted by molar-refractivity contribution is 6.14. The van der Waals surface area contributed by atoms with Crippen LogP contribution in [-0.2, 0) is 20.9 Å². The zero-order valence-corrected chi connectivity index (χ0v) is 17.6. The molecular weight excluding hydrogens is 422 g/mol. The van der Waals surface area contributed by atoms with Gasteiger partial charge in [0.25, 0.3) is 5.91 Å². The van der Waals surface area contributed by atoms with Crippen molar-refractivity contribution in [1.29, 1.82) is 0 Å². The van der Waals surface area contributed by atoms with Crippen LogP contribution in [-0.4, -0.2) is 61.7 Å². The van der Waals surface area contributed by atoms with Crippen molar-refractivity contribution in [2.45, 2.75) is 6.54 Å². The molecule has 0 spiro atoms. The Bertz CT molecular complexity index is 1100. The summed E-state index contributed by atoms with van der Waals surface area (Å²) in [6.07, 6.45) is 1.40. The summed E-state index contributed by atoms with van der Waals surface area (Å²) in [5.41, 5.74) is 1.15. The summed E-state index contributed by atoms with van der Waals surface area (Å²) in [6, 6.07) is 7.22. The lowest BCUT2D eigenvalue weighted by atomic mass is 10.1. The van der Waals surface area contributed by atoms with E-state index in [4.69, 9.17) is 14.3 Å². The number of nitrogens with zero attached hydrogens (tertiary/aromatic N) is 2. The fraction of sp³-hybridized carbons (Fsp3) is 0.238. The average Bonchev–Trinajstić information content (AvgIpc) is 3.32. The number of hydrogen-bond donors (Lipinski definition) is 2. The van der Waals surface area contributed by atoms with E-state index in [-0.39, 0.29) is 29.5 Å². The third-order valence-corrected chi connectivity index (χ3v) is 4.49. The number of carbonyl (C=O) groups is 4. The highest BCUT2D eigenvalue weighted by Crippen LogP contribution is 2.28. The molecule has 1 aliphatic heterocycles. The number of furan rings is 1. The summed E-state index contributed by atoms with van der Waals surface area (Å²) in [5, 5.41) is 11.4. The van der Waals surface area contributed by atoms with Crippen LogP contribution in [0.2, 0.25) is 0 Å². The van der Waals surface area contributed by atoms with Crippen molar-refractivity contribution >= 4 is 35.6 Å². The lowest BCUT2D eigenvalue weighted by Crippen LogP contribution is -2.30. The number of esters is 1. The summed E-state index contributed by atoms with van der Waals surface area (Å²) >= 11 is 0. The second kappa shape index (κ2) is 9.25. The summed E-state index contributed by atoms with van der Waals surface area (Å²) in [5.74, 6) is -2.04. The van der Waals surface area contributed by atoms with E-state index in [1.807, 2.05) is 14.1 Å². The minimum Gasteiger partial charge on any atom is -0.481 e. The van der Waals surface area contributed by atoms with Gasteiger partial charge in [-0.15, -0.1) is 0 Å². The van der Waals surface area contributed by atoms with E-state index in [1.54, 1.807) is 23.1 Å². The fourth-order valence-electron chi connectivity index (χ4n) is 2.88. The van der Waals surface area contributed by atoms with E-state index in [1.165, 1.54) is 25.3 Å². The minimum atomic E-state index is -1.15. The molecule has 1 fully saturated rings. The van der Waals surface area contributed by atoms with Gasteiger partial charge in [0, 0.05) is 31.4 Å². The summed E-state index contributed by atoms with van der Waals surface area (Å²) < 4.78 is 15.2. The highest BCUT2D eigenvalue weighted by atomic mass is 16.5. The molecule has 11 heteroatoms. The molecule has 2 heterocycles. The Labute approximate surface area is 182 Å². The van der Waals surface area contributed by atoms with Crippen LogP contribution in [0.5, 0.6) is 5.75 Å². The van der Waals surface area contributed by atoms with E-state index >= 15 is 0 Å². The molecule has 0 saturated carbocycles. The highest BCUT2D eigenvalue weighted by Gasteiger charge is 2.34. The van der Waals surface area contributed by atoms with Crippen molar-refractivity contribution in [3.8, 4) is 5.75 Å². The maximum absolute atomic E-state index is 12.8. The lowest BCUT2D eigenvalue weighted by Gasteiger charge is -2.15. The van der Waals surface area contributed by atoms with Crippen molar-refractivity contribution in [2.24, 2.45) is 0 Å². The van der Waals surface area contributed by atoms with Gasteiger partial charge in [-0.1, -0.05) is 0 Å². The predicted octanol–water partition coefficient (Wildman–Crippen LogP) is 1.69. The van der Waals surface area contributed by atoms with Gasteiger partial charge in [-0.3, -0.25) is 9.69 Å². The van der Waals surface area contributed by atoms with Crippen molar-refractivity contribution in [1.82, 2.24) is 10.2 Å². The molecular formula is C21H21N3O8. The Hall–Kier alpha value is -4.28. The smallest absolute Gasteiger partial charge is 0.373 e. The first kappa shape index (κ1) is 22.4. The number of carboxylic acid groups (broad SMARTS) is 1. The van der Waals surface area contributed by atoms with Crippen LogP contribution < -0.4 is 15.0 Å². The molecule has 2 aromatic rings. The Balaban J connectivity index is 1.84. The number of ether oxygens (including phenoxy) is 2. The summed E-state index contributed by atoms with van der Waals surface area (Å²) in [4.78, 5) is 50.2. The Morgan fingerprint density at radius 2 is 1.97 bits per heavy atom. The molecule has 1 aliphatic rings. The first-order valence-corrected chi connectivity index (χ1v) is 9.37. The number of methoxy groups -OCH3 is 1. The number of benzene rings is 1. The predicted molar refractivity (Wildman–Crippen MR) is 111 cm³/mol. The first-order chi connectivity index (χ1) is 15.2. The molecule has 11 nitrogen and oxygen atoms in total. The van der Waals surface area contributed by atoms with E-state index < -0.39 is 30.5 Å². The zero-order chi connectivity index (χ0) is 23.4. The number of carbonyl (C=O) groups excluding carboxylic acids is 3. The number of urea groups is 1. The second-order valence-corrected chi connectivity index (χ2v) is 6.94. The van der Waals surface area contributed by atoms with Crippen molar-refractivity contribution in [3.05, 3.63) is 53.1 Å². The summed E-state index contributed by atoms with van der Waals surface area (Å²) in [7, 11) is 4.83. The van der Waals surface area contributed by atoms with E-state index in [0.29, 0.717) is 5.56 Å². The molecule has 1 aromatic carbocycles. The van der Waals surface area contributed by atoms with Gasteiger partial charge in [-0.2, -0.15) is 0 Å². The van der Waals surface area contributed by atoms with Gasteiger partial charge in [0.15, 0.2) is 6.61 Å². The topological polar surface area (TPSA) is 139 Å². The molecule has 3 rings (SSSR count). The van der Waals surface area contributed by atoms with E-state index in [0.717, 1.165) is 10.6 Å². The Morgan fingerprint density at radius 3 is 2.62 bits per heavy atom. The maximum atomic E-state index is 12.8. The molecule has 1 aromatic heterocycles. The molecule has 0 aliphatic carbocycles. The Morgan fingerprint density at radius 1 is 1.22 bits per heavy atom. The first-order valence-electron chi connectivity index (χ1n) is 9.37. The van der Waals surface area contributed by atoms with Gasteiger partial charge in [-0.25, -0.2) is 14.4 Å². The van der Waals surface area contributed by atoms with Crippen LogP contribution >= 0.6 is 0 Å². The van der Waals surface area contributed by atoms with Crippen molar-refractivity contribution in [2.75, 3.05) is 32.7 Å². The molecule has 0 radical (unpaired) electrons. The number of aliphatic carboxylic acids is 1. The third-order valence-electron chi connectivity index (χ3n) is 4.49. The van der Waals surface area contributed by atoms with Crippen LogP contribution in [0.3, 0.4) is 0 Å². The standard InChI is InChI=1S/C21H21N3O8/c1-23(2)13-5-4-12(17(9-13)31-11-18(25)26)8-15-19(27)24(21(29)22-15)10-14-6-7-16(32-14)20(28)30-3/h4-9H,10-11H2,1-3H3,(H,22,29)(H,25,26)/b15-8-. The lowest BCUT2D eigenvalue weighted by molar-refractivity contribution is -0.139. The number of imide groups is 1. The van der Waals surface area contributed by atoms with Crippen LogP contribution in [0.1, 0.15) is 21.9 Å². The fourth-order valence-corrected chi connectivity index (χ4v) is 2.88. The quantitative estimate of drug-likeness (QED) is 0.354. The SMILES string of the molecule is COC(=O)c1ccc(CN2C(=O)N/C(=C\c3ccc(N(C)C)cc3OCC(=O)O)C2=O)o1. The number of rotatable bonds is 8. The van der Waals surface area contributed by atoms with Gasteiger partial charge < -0.3 is 29.2 Å². The molecule has 2 N–H and O–H groups in total. The van der Waals surface area contributed by atoms with Gasteiger partial charge >= 0.3 is 18.0 Å². The molecule has 3 amide bonds. The van der Waals surface area contributed by atoms with Crippen molar-refractivity contribution < 1.29 is 38.2 Å². The second-order valence-electron chi connectivity index (χ2n) is 6.94. The minimum absolute atomic E-state index is 0.0208. The molecule has 168 valence electrons. The van der Waals surface area contributed by atoms with Gasteiger partial charge in [-0.05, 0) is 30.3 Å². The largest absolute Gasteiger partial charge is 0.481 e. The number of anilines is 1. The normalized spacial score (nSPS) is 14.5. The molecule has 0 atom stereocenters. The van der Waals surface area contributed by atoms with Gasteiger partial charge in [0.05, 0.1) is 13.7 Å². The van der Waals surface area contributed by atoms with Crippen LogP contribution in [0, 0.1) is 0 Å². The molecule has 1 saturated heterocycles. The number of nitrogens with one attached hydrogen (secondary N) is 1. The zero-order valence-electron chi connectivity index (χ0n) is 17.6. The summed E-state index contributed by atoms with van der Waals surface area (Å²) in [6.45, 7) is -0.762. The Kier molecular flexibility index (Phi) is 6.47. The molecule has 0 bridgehead atoms. The monoisotopic (exact) mass is 443 g/mol. The van der Waals surface area contributed by atoms with Gasteiger partial charge in [0.2, 0.25) is 5.76 Å². The van der Waals surface area contributed by atoms with Crippen LogP contribution in [0.15, 0.2) is 40.4 Å². The van der Waals surface area contributed by atoms with Gasteiger partial charge in [0.1, 0.15) is 17.2 Å². The number of amides is 3. The number of hydrogen-bond acceptors (Lipinski definition) is 8. The third kappa shape index (κ3) is 4.89. The van der Waals surface area contributed by atoms with Crippen molar-refractivity contribution in [3.63, 3.8) is 0 Å². The van der Waals surface area contributed by atoms with Crippen LogP contribution in [0.25, 0.3) is 6.08 Å². The van der Waals surface area contributed by atoms with E-state index in [9.17, 15) is 19.2 Å². The van der Waals surface area contributed by atoms with E-state index in [2.05, 4.69) is 10.1 Å². The van der Waals surface area contributed by atoms with Crippen LogP contribution in [0.4, 0.5) is 10.5 Å². The average molecular weight is 443 g/mol. The maximum Gasteiger partial charge on any atom is 0.373 e.